The summed E-state index contributed by atoms with van der Waals surface area (Å²) in [5, 5.41) is 33.0. The average Bonchev–Trinajstić information content (AvgIpc) is 3.34. The summed E-state index contributed by atoms with van der Waals surface area (Å²) in [5.74, 6) is -7.45. The van der Waals surface area contributed by atoms with Gasteiger partial charge in [0.2, 0.25) is 12.1 Å². The van der Waals surface area contributed by atoms with Crippen molar-refractivity contribution < 1.29 is 77.2 Å². The molecule has 16 nitrogen and oxygen atoms in total. The van der Waals surface area contributed by atoms with Crippen LogP contribution in [0.5, 0.6) is 0 Å². The summed E-state index contributed by atoms with van der Waals surface area (Å²) < 4.78 is 46.4. The van der Waals surface area contributed by atoms with Crippen LogP contribution in [0.2, 0.25) is 0 Å². The van der Waals surface area contributed by atoms with Crippen molar-refractivity contribution in [1.29, 1.82) is 0 Å². The molecule has 0 bridgehead atoms. The van der Waals surface area contributed by atoms with Gasteiger partial charge in [-0.1, -0.05) is 68.2 Å². The minimum Gasteiger partial charge on any atom is -0.463 e. The number of hydrogen-bond donors (Lipinski definition) is 3. The number of carbonyl (C=O) groups excluding carboxylic acids is 5. The molecular weight excluding hydrogens is 688 g/mol. The number of rotatable bonds is 20. The van der Waals surface area contributed by atoms with Gasteiger partial charge in [-0.2, -0.15) is 0 Å². The lowest BCUT2D eigenvalue weighted by Crippen LogP contribution is -2.65. The van der Waals surface area contributed by atoms with Crippen LogP contribution in [-0.4, -0.2) is 120 Å². The molecule has 0 radical (unpaired) electrons. The van der Waals surface area contributed by atoms with Crippen LogP contribution in [0.1, 0.15) is 101 Å². The largest absolute Gasteiger partial charge is 0.463 e. The van der Waals surface area contributed by atoms with E-state index in [1.807, 2.05) is 27.7 Å². The summed E-state index contributed by atoms with van der Waals surface area (Å²) in [7, 11) is 0. The van der Waals surface area contributed by atoms with Gasteiger partial charge in [0.25, 0.3) is 0 Å². The summed E-state index contributed by atoms with van der Waals surface area (Å²) in [6.45, 7) is 13.1. The molecular formula is C36H60O16. The molecule has 2 heterocycles. The van der Waals surface area contributed by atoms with Crippen LogP contribution >= 0.6 is 0 Å². The molecule has 0 aromatic heterocycles. The number of aliphatic hydroxyl groups excluding tert-OH is 3. The number of carbonyl (C=O) groups is 5. The molecule has 300 valence electrons. The Kier molecular flexibility index (Phi) is 18.4. The van der Waals surface area contributed by atoms with E-state index in [0.717, 1.165) is 6.92 Å². The average molecular weight is 749 g/mol. The van der Waals surface area contributed by atoms with Gasteiger partial charge in [0.05, 0.1) is 18.4 Å². The van der Waals surface area contributed by atoms with Gasteiger partial charge in [-0.3, -0.25) is 24.0 Å². The Bertz CT molecular complexity index is 1180. The molecule has 0 aromatic rings. The summed E-state index contributed by atoms with van der Waals surface area (Å²) in [4.78, 5) is 64.3. The second kappa shape index (κ2) is 21.1. The van der Waals surface area contributed by atoms with Crippen LogP contribution in [0.4, 0.5) is 0 Å². The summed E-state index contributed by atoms with van der Waals surface area (Å²) >= 11 is 0. The SMILES string of the molecule is CCC(C)CC(=O)O[C@@H]1[C@@H](OC(=O)C(C)CC)[C@@H](O[C@]2(COC(=O)C(C)CC)O[C@H](COC(C)=O)[C@@H](O)[C@@H]2O)O[C@H](CO)[C@H]1OC(=O)CC(C)CC. The molecule has 13 atom stereocenters. The van der Waals surface area contributed by atoms with Crippen molar-refractivity contribution in [2.24, 2.45) is 23.7 Å². The molecule has 0 aromatic carbocycles. The summed E-state index contributed by atoms with van der Waals surface area (Å²) in [6, 6.07) is 0. The molecule has 4 unspecified atom stereocenters. The maximum atomic E-state index is 13.4. The predicted octanol–water partition coefficient (Wildman–Crippen LogP) is 2.34. The molecule has 2 rings (SSSR count). The van der Waals surface area contributed by atoms with Crippen LogP contribution < -0.4 is 0 Å². The summed E-state index contributed by atoms with van der Waals surface area (Å²) in [6.07, 6.45) is -11.2. The van der Waals surface area contributed by atoms with Gasteiger partial charge >= 0.3 is 29.8 Å². The highest BCUT2D eigenvalue weighted by atomic mass is 16.8. The first-order chi connectivity index (χ1) is 24.5. The second-order valence-electron chi connectivity index (χ2n) is 14.0. The van der Waals surface area contributed by atoms with Crippen molar-refractivity contribution in [2.75, 3.05) is 19.8 Å². The normalized spacial score (nSPS) is 31.1. The van der Waals surface area contributed by atoms with E-state index in [9.17, 15) is 39.3 Å². The molecule has 52 heavy (non-hydrogen) atoms. The van der Waals surface area contributed by atoms with Crippen LogP contribution in [0.3, 0.4) is 0 Å². The van der Waals surface area contributed by atoms with Gasteiger partial charge in [0, 0.05) is 19.8 Å². The maximum Gasteiger partial charge on any atom is 0.309 e. The number of ether oxygens (including phenoxy) is 8. The first kappa shape index (κ1) is 45.3. The van der Waals surface area contributed by atoms with Crippen molar-refractivity contribution >= 4 is 29.8 Å². The third kappa shape index (κ3) is 12.3. The molecule has 3 N–H and O–H groups in total. The van der Waals surface area contributed by atoms with Gasteiger partial charge < -0.3 is 53.2 Å². The van der Waals surface area contributed by atoms with E-state index >= 15 is 0 Å². The molecule has 0 amide bonds. The van der Waals surface area contributed by atoms with E-state index in [1.54, 1.807) is 27.7 Å². The standard InChI is InChI=1S/C36H60O16/c1-10-19(5)14-26(39)48-29-24(16-37)47-35(31(50-34(44)22(8)13-4)30(29)49-27(40)15-20(6)11-2)52-36(18-46-33(43)21(7)12-3)32(42)28(41)25(51-36)17-45-23(9)38/h19-22,24-25,28-32,35,37,41-42H,10-18H2,1-9H3/t19?,20?,21?,22?,24-,25-,28-,29-,30+,31-,32+,35-,36+/m1/s1. The van der Waals surface area contributed by atoms with E-state index in [0.29, 0.717) is 25.7 Å². The van der Waals surface area contributed by atoms with Crippen molar-refractivity contribution in [2.45, 2.75) is 156 Å². The van der Waals surface area contributed by atoms with Crippen LogP contribution in [0, 0.1) is 23.7 Å². The molecule has 0 aliphatic carbocycles. The lowest BCUT2D eigenvalue weighted by Gasteiger charge is -2.46. The van der Waals surface area contributed by atoms with Crippen molar-refractivity contribution in [3.63, 3.8) is 0 Å². The first-order valence-corrected chi connectivity index (χ1v) is 18.3. The van der Waals surface area contributed by atoms with Crippen LogP contribution in [-0.2, 0) is 61.9 Å². The molecule has 0 spiro atoms. The van der Waals surface area contributed by atoms with E-state index in [-0.39, 0.29) is 24.7 Å². The zero-order valence-corrected chi connectivity index (χ0v) is 31.9. The predicted molar refractivity (Wildman–Crippen MR) is 181 cm³/mol. The van der Waals surface area contributed by atoms with Crippen LogP contribution in [0.15, 0.2) is 0 Å². The van der Waals surface area contributed by atoms with E-state index < -0.39 is 116 Å². The smallest absolute Gasteiger partial charge is 0.309 e. The minimum absolute atomic E-state index is 0.0117. The zero-order valence-electron chi connectivity index (χ0n) is 31.9. The number of esters is 5. The van der Waals surface area contributed by atoms with E-state index in [1.165, 1.54) is 0 Å². The van der Waals surface area contributed by atoms with E-state index in [2.05, 4.69) is 0 Å². The molecule has 16 heteroatoms. The minimum atomic E-state index is -2.44. The maximum absolute atomic E-state index is 13.4. The fraction of sp³-hybridized carbons (Fsp3) is 0.861. The van der Waals surface area contributed by atoms with Crippen molar-refractivity contribution in [3.8, 4) is 0 Å². The molecule has 0 saturated carbocycles. The number of hydrogen-bond acceptors (Lipinski definition) is 16. The Morgan fingerprint density at radius 3 is 1.75 bits per heavy atom. The molecule has 2 saturated heterocycles. The Morgan fingerprint density at radius 1 is 0.712 bits per heavy atom. The monoisotopic (exact) mass is 748 g/mol. The Morgan fingerprint density at radius 2 is 1.25 bits per heavy atom. The summed E-state index contributed by atoms with van der Waals surface area (Å²) in [5.41, 5.74) is 0. The van der Waals surface area contributed by atoms with Crippen molar-refractivity contribution in [1.82, 2.24) is 0 Å². The van der Waals surface area contributed by atoms with Gasteiger partial charge in [0.15, 0.2) is 18.3 Å². The van der Waals surface area contributed by atoms with Gasteiger partial charge in [-0.15, -0.1) is 0 Å². The highest BCUT2D eigenvalue weighted by Crippen LogP contribution is 2.39. The fourth-order valence-corrected chi connectivity index (χ4v) is 5.32. The second-order valence-corrected chi connectivity index (χ2v) is 14.0. The molecule has 2 fully saturated rings. The molecule has 2 aliphatic rings. The van der Waals surface area contributed by atoms with Gasteiger partial charge in [-0.25, -0.2) is 0 Å². The van der Waals surface area contributed by atoms with Gasteiger partial charge in [0.1, 0.15) is 37.6 Å². The van der Waals surface area contributed by atoms with Gasteiger partial charge in [-0.05, 0) is 24.7 Å². The Hall–Kier alpha value is -2.89. The highest BCUT2D eigenvalue weighted by Gasteiger charge is 2.61. The van der Waals surface area contributed by atoms with Crippen LogP contribution in [0.25, 0.3) is 0 Å². The Balaban J connectivity index is 2.71. The van der Waals surface area contributed by atoms with E-state index in [4.69, 9.17) is 37.9 Å². The fourth-order valence-electron chi connectivity index (χ4n) is 5.32. The topological polar surface area (TPSA) is 220 Å². The lowest BCUT2D eigenvalue weighted by molar-refractivity contribution is -0.384. The number of aliphatic hydroxyl groups is 3. The molecule has 2 aliphatic heterocycles. The third-order valence-electron chi connectivity index (χ3n) is 9.70. The Labute approximate surface area is 306 Å². The lowest BCUT2D eigenvalue weighted by atomic mass is 9.96. The highest BCUT2D eigenvalue weighted by molar-refractivity contribution is 5.73. The first-order valence-electron chi connectivity index (χ1n) is 18.3. The third-order valence-corrected chi connectivity index (χ3v) is 9.70. The van der Waals surface area contributed by atoms with Crippen molar-refractivity contribution in [3.05, 3.63) is 0 Å². The quantitative estimate of drug-likeness (QED) is 0.120. The zero-order chi connectivity index (χ0) is 39.3.